The minimum atomic E-state index is -0.524. The lowest BCUT2D eigenvalue weighted by Gasteiger charge is -2.14. The number of phenols is 1. The first kappa shape index (κ1) is 17.9. The van der Waals surface area contributed by atoms with E-state index in [-0.39, 0.29) is 16.4 Å². The molecule has 0 aliphatic carbocycles. The second kappa shape index (κ2) is 7.88. The maximum Gasteiger partial charge on any atom is 0.257 e. The highest BCUT2D eigenvalue weighted by Crippen LogP contribution is 2.29. The molecule has 0 fully saturated rings. The van der Waals surface area contributed by atoms with Gasteiger partial charge in [0.25, 0.3) is 5.91 Å². The molecule has 4 nitrogen and oxygen atoms in total. The lowest BCUT2D eigenvalue weighted by Crippen LogP contribution is -2.34. The molecule has 0 aliphatic heterocycles. The molecule has 3 N–H and O–H groups in total. The Morgan fingerprint density at radius 3 is 2.71 bits per heavy atom. The van der Waals surface area contributed by atoms with Crippen molar-refractivity contribution in [3.05, 3.63) is 59.4 Å². The van der Waals surface area contributed by atoms with E-state index < -0.39 is 11.7 Å². The zero-order valence-electron chi connectivity index (χ0n) is 13.5. The zero-order chi connectivity index (χ0) is 17.7. The largest absolute Gasteiger partial charge is 0.506 e. The monoisotopic (exact) mass is 346 g/mol. The number of halogens is 1. The third-order valence-corrected chi connectivity index (χ3v) is 3.97. The van der Waals surface area contributed by atoms with E-state index >= 15 is 0 Å². The van der Waals surface area contributed by atoms with E-state index in [2.05, 4.69) is 24.5 Å². The van der Waals surface area contributed by atoms with Gasteiger partial charge < -0.3 is 10.4 Å². The van der Waals surface area contributed by atoms with E-state index in [0.717, 1.165) is 18.1 Å². The van der Waals surface area contributed by atoms with Gasteiger partial charge in [-0.2, -0.15) is 0 Å². The number of carbonyl (C=O) groups is 1. The molecule has 1 amide bonds. The van der Waals surface area contributed by atoms with Crippen molar-refractivity contribution in [2.24, 2.45) is 0 Å². The van der Waals surface area contributed by atoms with Crippen molar-refractivity contribution < 1.29 is 14.3 Å². The van der Waals surface area contributed by atoms with Crippen LogP contribution in [0.25, 0.3) is 0 Å². The first-order valence-electron chi connectivity index (χ1n) is 7.61. The number of thiocarbonyl (C=S) groups is 1. The third kappa shape index (κ3) is 4.52. The smallest absolute Gasteiger partial charge is 0.257 e. The fourth-order valence-corrected chi connectivity index (χ4v) is 2.36. The van der Waals surface area contributed by atoms with Gasteiger partial charge in [-0.3, -0.25) is 10.1 Å². The molecular formula is C18H19FN2O2S. The lowest BCUT2D eigenvalue weighted by atomic mass is 9.98. The predicted octanol–water partition coefficient (Wildman–Crippen LogP) is 4.17. The Balaban J connectivity index is 2.08. The van der Waals surface area contributed by atoms with Crippen molar-refractivity contribution in [1.29, 1.82) is 0 Å². The Labute approximate surface area is 145 Å². The number of benzene rings is 2. The van der Waals surface area contributed by atoms with Crippen molar-refractivity contribution in [3.8, 4) is 5.75 Å². The van der Waals surface area contributed by atoms with E-state index in [4.69, 9.17) is 12.2 Å². The van der Waals surface area contributed by atoms with E-state index in [9.17, 15) is 14.3 Å². The van der Waals surface area contributed by atoms with Gasteiger partial charge in [0.15, 0.2) is 5.11 Å². The minimum absolute atomic E-state index is 0.0286. The van der Waals surface area contributed by atoms with E-state index in [1.807, 2.05) is 6.07 Å². The predicted molar refractivity (Wildman–Crippen MR) is 96.9 cm³/mol. The molecule has 2 rings (SSSR count). The van der Waals surface area contributed by atoms with Crippen LogP contribution >= 0.6 is 12.2 Å². The Morgan fingerprint density at radius 2 is 2.04 bits per heavy atom. The van der Waals surface area contributed by atoms with E-state index in [1.54, 1.807) is 12.1 Å². The number of phenolic OH excluding ortho intramolecular Hbond substituents is 1. The summed E-state index contributed by atoms with van der Waals surface area (Å²) in [5, 5.41) is 15.2. The minimum Gasteiger partial charge on any atom is -0.506 e. The maximum atomic E-state index is 13.2. The molecule has 0 unspecified atom stereocenters. The zero-order valence-corrected chi connectivity index (χ0v) is 14.3. The fraction of sp³-hybridized carbons (Fsp3) is 0.222. The summed E-state index contributed by atoms with van der Waals surface area (Å²) >= 11 is 5.09. The molecule has 0 saturated heterocycles. The molecule has 0 spiro atoms. The summed E-state index contributed by atoms with van der Waals surface area (Å²) in [6, 6.07) is 10.5. The number of amides is 1. The van der Waals surface area contributed by atoms with Crippen LogP contribution in [-0.4, -0.2) is 16.1 Å². The summed E-state index contributed by atoms with van der Waals surface area (Å²) in [5.74, 6) is -0.656. The van der Waals surface area contributed by atoms with Crippen molar-refractivity contribution in [2.75, 3.05) is 5.32 Å². The molecule has 1 atom stereocenters. The van der Waals surface area contributed by atoms with Crippen LogP contribution in [0.2, 0.25) is 0 Å². The number of carbonyl (C=O) groups excluding carboxylic acids is 1. The van der Waals surface area contributed by atoms with Gasteiger partial charge in [-0.1, -0.05) is 26.0 Å². The van der Waals surface area contributed by atoms with Crippen LogP contribution in [-0.2, 0) is 0 Å². The van der Waals surface area contributed by atoms with Gasteiger partial charge in [0.05, 0.1) is 5.69 Å². The van der Waals surface area contributed by atoms with Crippen molar-refractivity contribution in [1.82, 2.24) is 5.32 Å². The highest BCUT2D eigenvalue weighted by atomic mass is 32.1. The fourth-order valence-electron chi connectivity index (χ4n) is 2.15. The molecule has 126 valence electrons. The summed E-state index contributed by atoms with van der Waals surface area (Å²) in [4.78, 5) is 12.0. The topological polar surface area (TPSA) is 61.4 Å². The quantitative estimate of drug-likeness (QED) is 0.574. The Bertz CT molecular complexity index is 764. The molecular weight excluding hydrogens is 327 g/mol. The normalized spacial score (nSPS) is 11.6. The number of hydrogen-bond donors (Lipinski definition) is 3. The highest BCUT2D eigenvalue weighted by molar-refractivity contribution is 7.80. The van der Waals surface area contributed by atoms with E-state index in [1.165, 1.54) is 18.2 Å². The molecule has 0 bridgehead atoms. The van der Waals surface area contributed by atoms with Gasteiger partial charge in [0.1, 0.15) is 11.6 Å². The van der Waals surface area contributed by atoms with Gasteiger partial charge in [-0.25, -0.2) is 4.39 Å². The number of aromatic hydroxyl groups is 1. The molecule has 0 aromatic heterocycles. The number of nitrogens with one attached hydrogen (secondary N) is 2. The summed E-state index contributed by atoms with van der Waals surface area (Å²) in [7, 11) is 0. The number of hydrogen-bond acceptors (Lipinski definition) is 3. The van der Waals surface area contributed by atoms with Crippen LogP contribution in [0.15, 0.2) is 42.5 Å². The molecule has 2 aromatic rings. The van der Waals surface area contributed by atoms with Crippen LogP contribution < -0.4 is 10.6 Å². The average molecular weight is 346 g/mol. The summed E-state index contributed by atoms with van der Waals surface area (Å²) in [6.07, 6.45) is 0.963. The van der Waals surface area contributed by atoms with E-state index in [0.29, 0.717) is 11.6 Å². The second-order valence-corrected chi connectivity index (χ2v) is 5.91. The van der Waals surface area contributed by atoms with Gasteiger partial charge in [-0.05, 0) is 60.5 Å². The SMILES string of the molecule is CC[C@H](C)c1ccc(O)c(NC(=S)NC(=O)c2cccc(F)c2)c1. The average Bonchev–Trinajstić information content (AvgIpc) is 2.56. The second-order valence-electron chi connectivity index (χ2n) is 5.50. The van der Waals surface area contributed by atoms with Crippen LogP contribution in [0.1, 0.15) is 42.1 Å². The van der Waals surface area contributed by atoms with Crippen LogP contribution in [0.3, 0.4) is 0 Å². The molecule has 0 saturated carbocycles. The number of rotatable bonds is 4. The lowest BCUT2D eigenvalue weighted by molar-refractivity contribution is 0.0977. The van der Waals surface area contributed by atoms with Gasteiger partial charge in [0, 0.05) is 5.56 Å². The first-order chi connectivity index (χ1) is 11.4. The molecule has 2 aromatic carbocycles. The van der Waals surface area contributed by atoms with Crippen molar-refractivity contribution >= 4 is 28.9 Å². The first-order valence-corrected chi connectivity index (χ1v) is 8.02. The van der Waals surface area contributed by atoms with Gasteiger partial charge in [-0.15, -0.1) is 0 Å². The maximum absolute atomic E-state index is 13.2. The summed E-state index contributed by atoms with van der Waals surface area (Å²) in [5.41, 5.74) is 1.63. The molecule has 24 heavy (non-hydrogen) atoms. The standard InChI is InChI=1S/C18H19FN2O2S/c1-3-11(2)12-7-8-16(22)15(10-12)20-18(24)21-17(23)13-5-4-6-14(19)9-13/h4-11,22H,3H2,1-2H3,(H2,20,21,23,24)/t11-/m0/s1. The van der Waals surface area contributed by atoms with Crippen LogP contribution in [0.4, 0.5) is 10.1 Å². The van der Waals surface area contributed by atoms with Crippen molar-refractivity contribution in [2.45, 2.75) is 26.2 Å². The molecule has 0 aliphatic rings. The van der Waals surface area contributed by atoms with Gasteiger partial charge in [0.2, 0.25) is 0 Å². The Hall–Kier alpha value is -2.47. The van der Waals surface area contributed by atoms with Crippen LogP contribution in [0.5, 0.6) is 5.75 Å². The molecule has 0 heterocycles. The van der Waals surface area contributed by atoms with Crippen molar-refractivity contribution in [3.63, 3.8) is 0 Å². The Morgan fingerprint density at radius 1 is 1.29 bits per heavy atom. The Kier molecular flexibility index (Phi) is 5.87. The summed E-state index contributed by atoms with van der Waals surface area (Å²) < 4.78 is 13.2. The molecule has 0 radical (unpaired) electrons. The number of anilines is 1. The highest BCUT2D eigenvalue weighted by Gasteiger charge is 2.12. The molecule has 6 heteroatoms. The van der Waals surface area contributed by atoms with Gasteiger partial charge >= 0.3 is 0 Å². The van der Waals surface area contributed by atoms with Crippen LogP contribution in [0, 0.1) is 5.82 Å². The third-order valence-electron chi connectivity index (χ3n) is 3.76. The summed E-state index contributed by atoms with van der Waals surface area (Å²) in [6.45, 7) is 4.16.